The number of pyridine rings is 1. The molecule has 0 saturated heterocycles. The molecule has 3 nitrogen and oxygen atoms in total. The number of nitrogens with zero attached hydrogens (tertiary/aromatic N) is 1. The number of aromatic nitrogens is 1. The molecular weight excluding hydrogens is 200 g/mol. The van der Waals surface area contributed by atoms with Crippen molar-refractivity contribution >= 4 is 0 Å². The summed E-state index contributed by atoms with van der Waals surface area (Å²) in [5.41, 5.74) is 1.15. The fourth-order valence-electron chi connectivity index (χ4n) is 1.40. The molecule has 0 aliphatic carbocycles. The van der Waals surface area contributed by atoms with Crippen molar-refractivity contribution in [2.24, 2.45) is 0 Å². The van der Waals surface area contributed by atoms with E-state index in [1.165, 1.54) is 0 Å². The summed E-state index contributed by atoms with van der Waals surface area (Å²) in [5, 5.41) is 3.36. The lowest BCUT2D eigenvalue weighted by Gasteiger charge is -2.10. The molecule has 0 aliphatic heterocycles. The molecule has 1 rings (SSSR count). The smallest absolute Gasteiger partial charge is 0.217 e. The first-order chi connectivity index (χ1) is 7.88. The van der Waals surface area contributed by atoms with Crippen LogP contribution in [0.4, 0.5) is 0 Å². The summed E-state index contributed by atoms with van der Waals surface area (Å²) in [4.78, 5) is 4.27. The topological polar surface area (TPSA) is 34.1 Å². The highest BCUT2D eigenvalue weighted by Gasteiger charge is 2.03. The van der Waals surface area contributed by atoms with Gasteiger partial charge in [0.05, 0.1) is 6.61 Å². The number of hydrogen-bond acceptors (Lipinski definition) is 3. The van der Waals surface area contributed by atoms with Gasteiger partial charge in [0.25, 0.3) is 0 Å². The van der Waals surface area contributed by atoms with E-state index < -0.39 is 0 Å². The van der Waals surface area contributed by atoms with E-state index in [1.54, 1.807) is 6.20 Å². The van der Waals surface area contributed by atoms with Crippen LogP contribution >= 0.6 is 0 Å². The maximum absolute atomic E-state index is 5.66. The Morgan fingerprint density at radius 3 is 2.94 bits per heavy atom. The average molecular weight is 222 g/mol. The Morgan fingerprint density at radius 1 is 1.31 bits per heavy atom. The van der Waals surface area contributed by atoms with Crippen LogP contribution in [0.5, 0.6) is 5.88 Å². The van der Waals surface area contributed by atoms with E-state index in [9.17, 15) is 0 Å². The fourth-order valence-corrected chi connectivity index (χ4v) is 1.40. The van der Waals surface area contributed by atoms with Gasteiger partial charge in [0.1, 0.15) is 0 Å². The largest absolute Gasteiger partial charge is 0.477 e. The van der Waals surface area contributed by atoms with E-state index in [0.717, 1.165) is 50.4 Å². The molecule has 16 heavy (non-hydrogen) atoms. The Morgan fingerprint density at radius 2 is 2.19 bits per heavy atom. The Labute approximate surface area is 98.2 Å². The molecule has 0 saturated carbocycles. The monoisotopic (exact) mass is 222 g/mol. The van der Waals surface area contributed by atoms with E-state index in [0.29, 0.717) is 0 Å². The highest BCUT2D eigenvalue weighted by atomic mass is 16.5. The number of nitrogens with one attached hydrogen (secondary N) is 1. The number of ether oxygens (including phenoxy) is 1. The first kappa shape index (κ1) is 13.0. The van der Waals surface area contributed by atoms with Crippen molar-refractivity contribution < 1.29 is 4.74 Å². The minimum absolute atomic E-state index is 0.758. The van der Waals surface area contributed by atoms with Crippen LogP contribution in [0.2, 0.25) is 0 Å². The number of hydrogen-bond donors (Lipinski definition) is 1. The van der Waals surface area contributed by atoms with Gasteiger partial charge in [-0.2, -0.15) is 0 Å². The molecule has 0 aliphatic rings. The van der Waals surface area contributed by atoms with Gasteiger partial charge in [-0.15, -0.1) is 0 Å². The lowest BCUT2D eigenvalue weighted by Crippen LogP contribution is -2.15. The second-order valence-electron chi connectivity index (χ2n) is 3.85. The van der Waals surface area contributed by atoms with Crippen molar-refractivity contribution in [1.82, 2.24) is 10.3 Å². The van der Waals surface area contributed by atoms with Gasteiger partial charge in [0.2, 0.25) is 5.88 Å². The Balaban J connectivity index is 2.46. The van der Waals surface area contributed by atoms with Crippen LogP contribution in [0.1, 0.15) is 38.7 Å². The quantitative estimate of drug-likeness (QED) is 0.687. The predicted octanol–water partition coefficient (Wildman–Crippen LogP) is 2.76. The molecule has 0 amide bonds. The molecule has 0 spiro atoms. The molecule has 1 heterocycles. The molecule has 0 atom stereocenters. The second-order valence-corrected chi connectivity index (χ2v) is 3.85. The molecular formula is C13H22N2O. The van der Waals surface area contributed by atoms with E-state index in [4.69, 9.17) is 4.74 Å². The van der Waals surface area contributed by atoms with E-state index >= 15 is 0 Å². The zero-order chi connectivity index (χ0) is 11.6. The standard InChI is InChI=1S/C13H22N2O/c1-3-5-10-16-13-12(7-6-9-15-13)11-14-8-4-2/h6-7,9,14H,3-5,8,10-11H2,1-2H3. The summed E-state index contributed by atoms with van der Waals surface area (Å²) in [7, 11) is 0. The highest BCUT2D eigenvalue weighted by molar-refractivity contribution is 5.25. The van der Waals surface area contributed by atoms with E-state index in [2.05, 4.69) is 30.2 Å². The lowest BCUT2D eigenvalue weighted by atomic mass is 10.2. The molecule has 0 fully saturated rings. The zero-order valence-electron chi connectivity index (χ0n) is 10.3. The van der Waals surface area contributed by atoms with Crippen LogP contribution in [-0.4, -0.2) is 18.1 Å². The highest BCUT2D eigenvalue weighted by Crippen LogP contribution is 2.14. The number of unbranched alkanes of at least 4 members (excludes halogenated alkanes) is 1. The van der Waals surface area contributed by atoms with Crippen LogP contribution in [-0.2, 0) is 6.54 Å². The van der Waals surface area contributed by atoms with Crippen LogP contribution < -0.4 is 10.1 Å². The summed E-state index contributed by atoms with van der Waals surface area (Å²) in [6.45, 7) is 6.95. The molecule has 1 N–H and O–H groups in total. The van der Waals surface area contributed by atoms with Gasteiger partial charge in [-0.1, -0.05) is 26.3 Å². The second kappa shape index (κ2) is 8.11. The van der Waals surface area contributed by atoms with Crippen LogP contribution in [0.3, 0.4) is 0 Å². The lowest BCUT2D eigenvalue weighted by molar-refractivity contribution is 0.293. The molecule has 1 aromatic rings. The van der Waals surface area contributed by atoms with Crippen molar-refractivity contribution in [3.05, 3.63) is 23.9 Å². The Hall–Kier alpha value is -1.09. The van der Waals surface area contributed by atoms with Gasteiger partial charge < -0.3 is 10.1 Å². The SMILES string of the molecule is CCCCOc1ncccc1CNCCC. The van der Waals surface area contributed by atoms with Crippen molar-refractivity contribution in [2.45, 2.75) is 39.7 Å². The van der Waals surface area contributed by atoms with Crippen LogP contribution in [0, 0.1) is 0 Å². The van der Waals surface area contributed by atoms with Gasteiger partial charge in [-0.05, 0) is 25.5 Å². The number of rotatable bonds is 8. The van der Waals surface area contributed by atoms with E-state index in [1.807, 2.05) is 6.07 Å². The molecule has 0 unspecified atom stereocenters. The van der Waals surface area contributed by atoms with Crippen molar-refractivity contribution in [3.63, 3.8) is 0 Å². The summed E-state index contributed by atoms with van der Waals surface area (Å²) >= 11 is 0. The van der Waals surface area contributed by atoms with E-state index in [-0.39, 0.29) is 0 Å². The molecule has 0 bridgehead atoms. The normalized spacial score (nSPS) is 10.4. The molecule has 3 heteroatoms. The minimum atomic E-state index is 0.758. The summed E-state index contributed by atoms with van der Waals surface area (Å²) < 4.78 is 5.66. The average Bonchev–Trinajstić information content (AvgIpc) is 2.32. The maximum atomic E-state index is 5.66. The third-order valence-corrected chi connectivity index (χ3v) is 2.33. The third-order valence-electron chi connectivity index (χ3n) is 2.33. The Kier molecular flexibility index (Phi) is 6.58. The molecule has 1 aromatic heterocycles. The molecule has 90 valence electrons. The predicted molar refractivity (Wildman–Crippen MR) is 66.6 cm³/mol. The van der Waals surface area contributed by atoms with Gasteiger partial charge in [-0.25, -0.2) is 4.98 Å². The summed E-state index contributed by atoms with van der Waals surface area (Å²) in [6, 6.07) is 4.02. The molecule has 0 aromatic carbocycles. The van der Waals surface area contributed by atoms with Gasteiger partial charge in [0, 0.05) is 18.3 Å². The Bertz CT molecular complexity index is 260. The molecule has 0 radical (unpaired) electrons. The van der Waals surface area contributed by atoms with Crippen molar-refractivity contribution in [1.29, 1.82) is 0 Å². The summed E-state index contributed by atoms with van der Waals surface area (Å²) in [6.07, 6.45) is 5.16. The zero-order valence-corrected chi connectivity index (χ0v) is 10.3. The minimum Gasteiger partial charge on any atom is -0.477 e. The van der Waals surface area contributed by atoms with Gasteiger partial charge >= 0.3 is 0 Å². The van der Waals surface area contributed by atoms with Gasteiger partial charge in [-0.3, -0.25) is 0 Å². The van der Waals surface area contributed by atoms with Crippen molar-refractivity contribution in [2.75, 3.05) is 13.2 Å². The first-order valence-corrected chi connectivity index (χ1v) is 6.15. The first-order valence-electron chi connectivity index (χ1n) is 6.15. The van der Waals surface area contributed by atoms with Crippen molar-refractivity contribution in [3.8, 4) is 5.88 Å². The fraction of sp³-hybridized carbons (Fsp3) is 0.615. The van der Waals surface area contributed by atoms with Crippen LogP contribution in [0.15, 0.2) is 18.3 Å². The van der Waals surface area contributed by atoms with Gasteiger partial charge in [0.15, 0.2) is 0 Å². The summed E-state index contributed by atoms with van der Waals surface area (Å²) in [5.74, 6) is 0.777. The van der Waals surface area contributed by atoms with Crippen LogP contribution in [0.25, 0.3) is 0 Å². The maximum Gasteiger partial charge on any atom is 0.217 e. The third kappa shape index (κ3) is 4.62.